The minimum absolute atomic E-state index is 0.0791. The van der Waals surface area contributed by atoms with Gasteiger partial charge in [0.1, 0.15) is 15.7 Å². The summed E-state index contributed by atoms with van der Waals surface area (Å²) in [5.41, 5.74) is 0.698. The minimum Gasteiger partial charge on any atom is -0.312 e. The Morgan fingerprint density at radius 1 is 1.47 bits per heavy atom. The third kappa shape index (κ3) is 5.44. The Morgan fingerprint density at radius 2 is 2.20 bits per heavy atom. The van der Waals surface area contributed by atoms with E-state index in [4.69, 9.17) is 0 Å². The van der Waals surface area contributed by atoms with Crippen molar-refractivity contribution in [2.45, 2.75) is 6.54 Å². The molecule has 1 N–H and O–H groups in total. The fourth-order valence-corrected chi connectivity index (χ4v) is 1.56. The van der Waals surface area contributed by atoms with Gasteiger partial charge in [0.2, 0.25) is 0 Å². The summed E-state index contributed by atoms with van der Waals surface area (Å²) >= 11 is 0. The average Bonchev–Trinajstić information content (AvgIpc) is 2.11. The first-order chi connectivity index (χ1) is 6.97. The maximum Gasteiger partial charge on any atom is 0.148 e. The molecule has 1 aromatic rings. The molecule has 1 heterocycles. The van der Waals surface area contributed by atoms with Crippen LogP contribution in [0.3, 0.4) is 0 Å². The highest BCUT2D eigenvalue weighted by Crippen LogP contribution is 1.99. The summed E-state index contributed by atoms with van der Waals surface area (Å²) in [6.07, 6.45) is 3.84. The van der Waals surface area contributed by atoms with Crippen molar-refractivity contribution in [3.63, 3.8) is 0 Å². The van der Waals surface area contributed by atoms with Crippen molar-refractivity contribution in [1.82, 2.24) is 10.3 Å². The van der Waals surface area contributed by atoms with E-state index in [1.54, 1.807) is 0 Å². The SMILES string of the molecule is CS(=O)(=O)CCNCc1cncc(F)c1. The third-order valence-corrected chi connectivity index (χ3v) is 2.69. The van der Waals surface area contributed by atoms with E-state index in [1.165, 1.54) is 18.5 Å². The fraction of sp³-hybridized carbons (Fsp3) is 0.444. The fourth-order valence-electron chi connectivity index (χ4n) is 1.04. The highest BCUT2D eigenvalue weighted by molar-refractivity contribution is 7.90. The number of halogens is 1. The molecule has 0 radical (unpaired) electrons. The van der Waals surface area contributed by atoms with Gasteiger partial charge in [-0.15, -0.1) is 0 Å². The van der Waals surface area contributed by atoms with Gasteiger partial charge in [0.25, 0.3) is 0 Å². The number of nitrogens with one attached hydrogen (secondary N) is 1. The Hall–Kier alpha value is -1.01. The van der Waals surface area contributed by atoms with Gasteiger partial charge < -0.3 is 5.32 Å². The van der Waals surface area contributed by atoms with Crippen LogP contribution >= 0.6 is 0 Å². The minimum atomic E-state index is -2.94. The molecule has 0 fully saturated rings. The van der Waals surface area contributed by atoms with Crippen LogP contribution in [0.15, 0.2) is 18.5 Å². The quantitative estimate of drug-likeness (QED) is 0.744. The number of sulfone groups is 1. The monoisotopic (exact) mass is 232 g/mol. The number of rotatable bonds is 5. The molecule has 0 amide bonds. The van der Waals surface area contributed by atoms with Crippen molar-refractivity contribution in [2.24, 2.45) is 0 Å². The molecular formula is C9H13FN2O2S. The molecule has 0 aliphatic heterocycles. The molecule has 0 aromatic carbocycles. The second-order valence-electron chi connectivity index (χ2n) is 3.32. The summed E-state index contributed by atoms with van der Waals surface area (Å²) < 4.78 is 34.2. The lowest BCUT2D eigenvalue weighted by Crippen LogP contribution is -2.22. The Kier molecular flexibility index (Phi) is 4.16. The highest BCUT2D eigenvalue weighted by atomic mass is 32.2. The summed E-state index contributed by atoms with van der Waals surface area (Å²) in [5, 5.41) is 2.90. The van der Waals surface area contributed by atoms with Crippen LogP contribution in [0.4, 0.5) is 4.39 Å². The first kappa shape index (κ1) is 12.1. The molecule has 0 saturated heterocycles. The lowest BCUT2D eigenvalue weighted by atomic mass is 10.3. The van der Waals surface area contributed by atoms with Crippen LogP contribution in [0, 0.1) is 5.82 Å². The largest absolute Gasteiger partial charge is 0.312 e. The van der Waals surface area contributed by atoms with Gasteiger partial charge in [0.15, 0.2) is 0 Å². The van der Waals surface area contributed by atoms with E-state index in [1.807, 2.05) is 0 Å². The zero-order chi connectivity index (χ0) is 11.3. The van der Waals surface area contributed by atoms with Crippen LogP contribution in [-0.4, -0.2) is 32.0 Å². The first-order valence-electron chi connectivity index (χ1n) is 4.45. The molecule has 84 valence electrons. The van der Waals surface area contributed by atoms with Crippen molar-refractivity contribution < 1.29 is 12.8 Å². The lowest BCUT2D eigenvalue weighted by molar-refractivity contribution is 0.594. The maximum absolute atomic E-state index is 12.7. The van der Waals surface area contributed by atoms with E-state index >= 15 is 0 Å². The molecule has 4 nitrogen and oxygen atoms in total. The molecular weight excluding hydrogens is 219 g/mol. The van der Waals surface area contributed by atoms with Gasteiger partial charge in [-0.2, -0.15) is 0 Å². The highest BCUT2D eigenvalue weighted by Gasteiger charge is 2.01. The molecule has 0 bridgehead atoms. The van der Waals surface area contributed by atoms with Crippen molar-refractivity contribution in [3.05, 3.63) is 29.8 Å². The van der Waals surface area contributed by atoms with Gasteiger partial charge in [0, 0.05) is 25.5 Å². The Labute approximate surface area is 88.5 Å². The standard InChI is InChI=1S/C9H13FN2O2S/c1-15(13,14)3-2-11-5-8-4-9(10)7-12-6-8/h4,6-7,11H,2-3,5H2,1H3. The topological polar surface area (TPSA) is 59.1 Å². The van der Waals surface area contributed by atoms with E-state index < -0.39 is 15.7 Å². The normalized spacial score (nSPS) is 11.6. The van der Waals surface area contributed by atoms with E-state index in [2.05, 4.69) is 10.3 Å². The smallest absolute Gasteiger partial charge is 0.148 e. The van der Waals surface area contributed by atoms with E-state index in [0.29, 0.717) is 18.7 Å². The summed E-state index contributed by atoms with van der Waals surface area (Å²) in [7, 11) is -2.94. The molecule has 1 aromatic heterocycles. The summed E-state index contributed by atoms with van der Waals surface area (Å²) in [6.45, 7) is 0.773. The van der Waals surface area contributed by atoms with Crippen LogP contribution in [-0.2, 0) is 16.4 Å². The van der Waals surface area contributed by atoms with Gasteiger partial charge in [-0.3, -0.25) is 4.98 Å². The van der Waals surface area contributed by atoms with Crippen LogP contribution in [0.5, 0.6) is 0 Å². The molecule has 15 heavy (non-hydrogen) atoms. The summed E-state index contributed by atoms with van der Waals surface area (Å²) in [5.74, 6) is -0.312. The Morgan fingerprint density at radius 3 is 2.80 bits per heavy atom. The molecule has 0 spiro atoms. The second-order valence-corrected chi connectivity index (χ2v) is 5.58. The Bertz CT molecular complexity index is 420. The Balaban J connectivity index is 2.32. The van der Waals surface area contributed by atoms with Gasteiger partial charge in [-0.1, -0.05) is 0 Å². The number of pyridine rings is 1. The molecule has 0 aliphatic carbocycles. The number of hydrogen-bond acceptors (Lipinski definition) is 4. The number of aromatic nitrogens is 1. The molecule has 6 heteroatoms. The van der Waals surface area contributed by atoms with E-state index in [0.717, 1.165) is 6.20 Å². The lowest BCUT2D eigenvalue weighted by Gasteiger charge is -2.03. The molecule has 0 saturated carbocycles. The zero-order valence-corrected chi connectivity index (χ0v) is 9.22. The van der Waals surface area contributed by atoms with Crippen molar-refractivity contribution in [3.8, 4) is 0 Å². The zero-order valence-electron chi connectivity index (χ0n) is 8.40. The van der Waals surface area contributed by atoms with Crippen molar-refractivity contribution >= 4 is 9.84 Å². The van der Waals surface area contributed by atoms with Crippen LogP contribution in [0.2, 0.25) is 0 Å². The number of hydrogen-bond donors (Lipinski definition) is 1. The van der Waals surface area contributed by atoms with Gasteiger partial charge >= 0.3 is 0 Å². The maximum atomic E-state index is 12.7. The van der Waals surface area contributed by atoms with Crippen LogP contribution < -0.4 is 5.32 Å². The third-order valence-electron chi connectivity index (χ3n) is 1.74. The first-order valence-corrected chi connectivity index (χ1v) is 6.51. The van der Waals surface area contributed by atoms with Crippen LogP contribution in [0.1, 0.15) is 5.56 Å². The molecule has 0 aliphatic rings. The van der Waals surface area contributed by atoms with Crippen molar-refractivity contribution in [1.29, 1.82) is 0 Å². The molecule has 0 unspecified atom stereocenters. The van der Waals surface area contributed by atoms with Crippen molar-refractivity contribution in [2.75, 3.05) is 18.6 Å². The predicted octanol–water partition coefficient (Wildman–Crippen LogP) is 0.355. The molecule has 1 rings (SSSR count). The summed E-state index contributed by atoms with van der Waals surface area (Å²) in [6, 6.07) is 1.36. The van der Waals surface area contributed by atoms with E-state index in [-0.39, 0.29) is 5.75 Å². The van der Waals surface area contributed by atoms with Gasteiger partial charge in [0.05, 0.1) is 11.9 Å². The summed E-state index contributed by atoms with van der Waals surface area (Å²) in [4.78, 5) is 3.68. The average molecular weight is 232 g/mol. The van der Waals surface area contributed by atoms with Crippen LogP contribution in [0.25, 0.3) is 0 Å². The predicted molar refractivity (Wildman–Crippen MR) is 55.6 cm³/mol. The molecule has 0 atom stereocenters. The second kappa shape index (κ2) is 5.18. The van der Waals surface area contributed by atoms with E-state index in [9.17, 15) is 12.8 Å². The van der Waals surface area contributed by atoms with Gasteiger partial charge in [-0.05, 0) is 11.6 Å². The number of nitrogens with zero attached hydrogens (tertiary/aromatic N) is 1. The van der Waals surface area contributed by atoms with Gasteiger partial charge in [-0.25, -0.2) is 12.8 Å².